The highest BCUT2D eigenvalue weighted by molar-refractivity contribution is 7.12. The van der Waals surface area contributed by atoms with Crippen molar-refractivity contribution in [3.8, 4) is 16.9 Å². The molecular weight excluding hydrogens is 470 g/mol. The van der Waals surface area contributed by atoms with Crippen molar-refractivity contribution in [3.05, 3.63) is 75.7 Å². The van der Waals surface area contributed by atoms with Crippen molar-refractivity contribution in [2.75, 3.05) is 6.54 Å². The van der Waals surface area contributed by atoms with Gasteiger partial charge in [-0.1, -0.05) is 36.4 Å². The molecular formula is C22H20ClF4NO3S. The Bertz CT molecular complexity index is 1040. The number of halogens is 5. The van der Waals surface area contributed by atoms with Crippen LogP contribution in [0.5, 0.6) is 5.75 Å². The second-order valence-electron chi connectivity index (χ2n) is 6.69. The zero-order chi connectivity index (χ0) is 22.4. The molecule has 0 aliphatic rings. The first-order valence-electron chi connectivity index (χ1n) is 9.33. The van der Waals surface area contributed by atoms with E-state index in [9.17, 15) is 22.4 Å². The van der Waals surface area contributed by atoms with E-state index in [2.05, 4.69) is 5.32 Å². The van der Waals surface area contributed by atoms with Crippen LogP contribution in [0.3, 0.4) is 0 Å². The van der Waals surface area contributed by atoms with Crippen molar-refractivity contribution >= 4 is 29.7 Å². The van der Waals surface area contributed by atoms with E-state index in [4.69, 9.17) is 9.84 Å². The molecule has 0 unspecified atom stereocenters. The molecule has 0 aliphatic carbocycles. The smallest absolute Gasteiger partial charge is 0.426 e. The normalized spacial score (nSPS) is 11.1. The lowest BCUT2D eigenvalue weighted by molar-refractivity contribution is -0.137. The number of carbonyl (C=O) groups is 1. The average molecular weight is 490 g/mol. The summed E-state index contributed by atoms with van der Waals surface area (Å²) in [5.74, 6) is -1.65. The first-order valence-corrected chi connectivity index (χ1v) is 10.1. The van der Waals surface area contributed by atoms with Gasteiger partial charge in [-0.05, 0) is 29.3 Å². The SMILES string of the molecule is Cl.O=C(O)CCNCc1ccc(OCc2cc(-c3ccccc3)c(C(F)(F)F)s2)c(F)c1. The van der Waals surface area contributed by atoms with Gasteiger partial charge in [0.15, 0.2) is 11.6 Å². The standard InChI is InChI=1S/C22H19F4NO3S.ClH/c23-18-10-14(12-27-9-8-20(28)29)6-7-19(18)30-13-16-11-17(15-4-2-1-3-5-15)21(31-16)22(24,25)26;/h1-7,10-11,27H,8-9,12-13H2,(H,28,29);1H. The fraction of sp³-hybridized carbons (Fsp3) is 0.227. The van der Waals surface area contributed by atoms with Gasteiger partial charge in [-0.2, -0.15) is 13.2 Å². The molecule has 0 bridgehead atoms. The monoisotopic (exact) mass is 489 g/mol. The molecule has 3 aromatic rings. The van der Waals surface area contributed by atoms with Crippen LogP contribution in [-0.2, 0) is 24.1 Å². The van der Waals surface area contributed by atoms with E-state index >= 15 is 0 Å². The number of benzene rings is 2. The van der Waals surface area contributed by atoms with Crippen LogP contribution in [0.2, 0.25) is 0 Å². The Kier molecular flexibility index (Phi) is 9.06. The van der Waals surface area contributed by atoms with E-state index in [1.165, 1.54) is 18.2 Å². The summed E-state index contributed by atoms with van der Waals surface area (Å²) in [6.45, 7) is 0.331. The third kappa shape index (κ3) is 6.94. The lowest BCUT2D eigenvalue weighted by Crippen LogP contribution is -2.17. The number of hydrogen-bond acceptors (Lipinski definition) is 4. The molecule has 1 heterocycles. The maximum absolute atomic E-state index is 14.3. The van der Waals surface area contributed by atoms with Crippen LogP contribution < -0.4 is 10.1 Å². The van der Waals surface area contributed by atoms with Gasteiger partial charge >= 0.3 is 12.1 Å². The quantitative estimate of drug-likeness (QED) is 0.280. The first-order chi connectivity index (χ1) is 14.7. The van der Waals surface area contributed by atoms with E-state index in [1.54, 1.807) is 36.4 Å². The third-order valence-corrected chi connectivity index (χ3v) is 5.49. The Morgan fingerprint density at radius 2 is 1.81 bits per heavy atom. The molecule has 0 atom stereocenters. The van der Waals surface area contributed by atoms with E-state index in [0.29, 0.717) is 27.3 Å². The van der Waals surface area contributed by atoms with E-state index < -0.39 is 22.8 Å². The van der Waals surface area contributed by atoms with Crippen LogP contribution in [0.4, 0.5) is 17.6 Å². The maximum Gasteiger partial charge on any atom is 0.426 e. The third-order valence-electron chi connectivity index (χ3n) is 4.34. The minimum atomic E-state index is -4.51. The number of ether oxygens (including phenoxy) is 1. The number of nitrogens with one attached hydrogen (secondary N) is 1. The number of alkyl halides is 3. The van der Waals surface area contributed by atoms with Gasteiger partial charge in [-0.3, -0.25) is 4.79 Å². The Morgan fingerprint density at radius 3 is 2.44 bits per heavy atom. The topological polar surface area (TPSA) is 58.6 Å². The molecule has 0 aliphatic heterocycles. The Labute approximate surface area is 192 Å². The Morgan fingerprint density at radius 1 is 1.09 bits per heavy atom. The van der Waals surface area contributed by atoms with Crippen molar-refractivity contribution in [1.29, 1.82) is 0 Å². The van der Waals surface area contributed by atoms with Gasteiger partial charge in [0.05, 0.1) is 6.42 Å². The van der Waals surface area contributed by atoms with Crippen LogP contribution in [0.1, 0.15) is 21.7 Å². The molecule has 172 valence electrons. The largest absolute Gasteiger partial charge is 0.485 e. The molecule has 0 saturated heterocycles. The molecule has 4 nitrogen and oxygen atoms in total. The van der Waals surface area contributed by atoms with Crippen molar-refractivity contribution < 1.29 is 32.2 Å². The van der Waals surface area contributed by atoms with E-state index in [1.807, 2.05) is 0 Å². The molecule has 32 heavy (non-hydrogen) atoms. The number of thiophene rings is 1. The summed E-state index contributed by atoms with van der Waals surface area (Å²) >= 11 is 0.575. The van der Waals surface area contributed by atoms with Gasteiger partial charge in [-0.25, -0.2) is 4.39 Å². The summed E-state index contributed by atoms with van der Waals surface area (Å²) in [7, 11) is 0. The van der Waals surface area contributed by atoms with Crippen molar-refractivity contribution in [2.45, 2.75) is 25.7 Å². The minimum Gasteiger partial charge on any atom is -0.485 e. The summed E-state index contributed by atoms with van der Waals surface area (Å²) in [5, 5.41) is 11.5. The second kappa shape index (κ2) is 11.3. The highest BCUT2D eigenvalue weighted by Crippen LogP contribution is 2.43. The zero-order valence-corrected chi connectivity index (χ0v) is 18.2. The highest BCUT2D eigenvalue weighted by atomic mass is 35.5. The highest BCUT2D eigenvalue weighted by Gasteiger charge is 2.36. The number of aliphatic carboxylic acids is 1. The van der Waals surface area contributed by atoms with Crippen molar-refractivity contribution in [2.24, 2.45) is 0 Å². The molecule has 2 aromatic carbocycles. The fourth-order valence-corrected chi connectivity index (χ4v) is 3.86. The molecule has 0 amide bonds. The van der Waals surface area contributed by atoms with Crippen LogP contribution in [0.15, 0.2) is 54.6 Å². The number of rotatable bonds is 9. The summed E-state index contributed by atoms with van der Waals surface area (Å²) in [6.07, 6.45) is -4.55. The molecule has 2 N–H and O–H groups in total. The van der Waals surface area contributed by atoms with Crippen LogP contribution in [0.25, 0.3) is 11.1 Å². The average Bonchev–Trinajstić information content (AvgIpc) is 3.16. The molecule has 1 aromatic heterocycles. The molecule has 0 radical (unpaired) electrons. The summed E-state index contributed by atoms with van der Waals surface area (Å²) in [6, 6.07) is 13.9. The lowest BCUT2D eigenvalue weighted by Gasteiger charge is -2.08. The van der Waals surface area contributed by atoms with Crippen molar-refractivity contribution in [3.63, 3.8) is 0 Å². The van der Waals surface area contributed by atoms with Gasteiger partial charge in [0.2, 0.25) is 0 Å². The van der Waals surface area contributed by atoms with Crippen molar-refractivity contribution in [1.82, 2.24) is 5.32 Å². The Balaban J connectivity index is 0.00000363. The summed E-state index contributed by atoms with van der Waals surface area (Å²) in [4.78, 5) is 10.1. The lowest BCUT2D eigenvalue weighted by atomic mass is 10.1. The van der Waals surface area contributed by atoms with Crippen LogP contribution in [0, 0.1) is 5.82 Å². The van der Waals surface area contributed by atoms with Gasteiger partial charge in [-0.15, -0.1) is 23.7 Å². The molecule has 0 spiro atoms. The van der Waals surface area contributed by atoms with Crippen LogP contribution in [-0.4, -0.2) is 17.6 Å². The van der Waals surface area contributed by atoms with Gasteiger partial charge in [0.1, 0.15) is 11.5 Å². The minimum absolute atomic E-state index is 0. The first kappa shape index (κ1) is 25.6. The second-order valence-corrected chi connectivity index (χ2v) is 7.83. The fourth-order valence-electron chi connectivity index (χ4n) is 2.90. The number of carboxylic acids is 1. The summed E-state index contributed by atoms with van der Waals surface area (Å²) < 4.78 is 60.1. The molecule has 0 fully saturated rings. The number of hydrogen-bond donors (Lipinski definition) is 2. The molecule has 10 heteroatoms. The van der Waals surface area contributed by atoms with E-state index in [-0.39, 0.29) is 49.8 Å². The zero-order valence-electron chi connectivity index (χ0n) is 16.6. The van der Waals surface area contributed by atoms with Gasteiger partial charge in [0, 0.05) is 23.5 Å². The Hall–Kier alpha value is -2.62. The van der Waals surface area contributed by atoms with E-state index in [0.717, 1.165) is 0 Å². The number of carboxylic acid groups (broad SMARTS) is 1. The van der Waals surface area contributed by atoms with Crippen LogP contribution >= 0.6 is 23.7 Å². The molecule has 0 saturated carbocycles. The maximum atomic E-state index is 14.3. The summed E-state index contributed by atoms with van der Waals surface area (Å²) in [5.41, 5.74) is 1.11. The molecule has 3 rings (SSSR count). The van der Waals surface area contributed by atoms with Gasteiger partial charge < -0.3 is 15.2 Å². The predicted octanol–water partition coefficient (Wildman–Crippen LogP) is 6.14. The predicted molar refractivity (Wildman–Crippen MR) is 117 cm³/mol. The van der Waals surface area contributed by atoms with Gasteiger partial charge in [0.25, 0.3) is 0 Å².